The molecule has 0 fully saturated rings. The zero-order valence-electron chi connectivity index (χ0n) is 14.1. The third-order valence-electron chi connectivity index (χ3n) is 4.40. The number of carbonyl (C=O) groups excluding carboxylic acids is 2. The Morgan fingerprint density at radius 3 is 2.73 bits per heavy atom. The molecule has 2 aromatic carbocycles. The van der Waals surface area contributed by atoms with Crippen molar-refractivity contribution in [2.24, 2.45) is 0 Å². The molecule has 0 saturated heterocycles. The van der Waals surface area contributed by atoms with Crippen LogP contribution in [0.2, 0.25) is 10.0 Å². The second kappa shape index (κ2) is 8.56. The molecule has 2 aromatic rings. The van der Waals surface area contributed by atoms with Gasteiger partial charge in [0.25, 0.3) is 5.91 Å². The molecular weight excluding hydrogens is 373 g/mol. The number of esters is 1. The molecule has 1 N–H and O–H groups in total. The molecule has 4 nitrogen and oxygen atoms in total. The van der Waals surface area contributed by atoms with Gasteiger partial charge < -0.3 is 10.1 Å². The Balaban J connectivity index is 1.50. The first-order valence-corrected chi connectivity index (χ1v) is 9.25. The van der Waals surface area contributed by atoms with Crippen LogP contribution in [0.1, 0.15) is 35.6 Å². The molecule has 0 heterocycles. The van der Waals surface area contributed by atoms with Crippen molar-refractivity contribution in [2.75, 3.05) is 6.61 Å². The van der Waals surface area contributed by atoms with E-state index in [1.165, 1.54) is 5.56 Å². The van der Waals surface area contributed by atoms with Crippen molar-refractivity contribution < 1.29 is 14.3 Å². The maximum Gasteiger partial charge on any atom is 0.310 e. The van der Waals surface area contributed by atoms with E-state index in [4.69, 9.17) is 27.9 Å². The molecule has 0 unspecified atom stereocenters. The lowest BCUT2D eigenvalue weighted by atomic mass is 9.88. The van der Waals surface area contributed by atoms with E-state index < -0.39 is 5.97 Å². The SMILES string of the molecule is O=C(COC(=O)Cc1ccc(Cl)c(Cl)c1)N[C@H]1CCCc2ccccc21. The van der Waals surface area contributed by atoms with Gasteiger partial charge in [-0.15, -0.1) is 0 Å². The van der Waals surface area contributed by atoms with E-state index >= 15 is 0 Å². The Kier molecular flexibility index (Phi) is 6.17. The van der Waals surface area contributed by atoms with E-state index in [1.807, 2.05) is 18.2 Å². The minimum absolute atomic E-state index is 0.0266. The highest BCUT2D eigenvalue weighted by atomic mass is 35.5. The fraction of sp³-hybridized carbons (Fsp3) is 0.300. The first-order valence-electron chi connectivity index (χ1n) is 8.49. The minimum Gasteiger partial charge on any atom is -0.455 e. The summed E-state index contributed by atoms with van der Waals surface area (Å²) in [5.74, 6) is -0.781. The van der Waals surface area contributed by atoms with Gasteiger partial charge in [-0.05, 0) is 48.1 Å². The van der Waals surface area contributed by atoms with E-state index in [0.29, 0.717) is 15.6 Å². The number of rotatable bonds is 5. The maximum atomic E-state index is 12.1. The predicted octanol–water partition coefficient (Wildman–Crippen LogP) is 4.27. The fourth-order valence-electron chi connectivity index (χ4n) is 3.15. The van der Waals surface area contributed by atoms with E-state index in [0.717, 1.165) is 24.8 Å². The third kappa shape index (κ3) is 4.77. The molecule has 1 aliphatic carbocycles. The summed E-state index contributed by atoms with van der Waals surface area (Å²) in [6, 6.07) is 13.0. The van der Waals surface area contributed by atoms with Crippen molar-refractivity contribution in [2.45, 2.75) is 31.7 Å². The van der Waals surface area contributed by atoms with E-state index in [9.17, 15) is 9.59 Å². The lowest BCUT2D eigenvalue weighted by Gasteiger charge is -2.26. The van der Waals surface area contributed by atoms with Crippen LogP contribution < -0.4 is 5.32 Å². The van der Waals surface area contributed by atoms with Crippen LogP contribution in [0.15, 0.2) is 42.5 Å². The summed E-state index contributed by atoms with van der Waals surface area (Å²) in [6.07, 6.45) is 2.98. The second-order valence-corrected chi connectivity index (χ2v) is 7.11. The van der Waals surface area contributed by atoms with Gasteiger partial charge in [0.2, 0.25) is 0 Å². The molecule has 0 aromatic heterocycles. The van der Waals surface area contributed by atoms with Crippen molar-refractivity contribution in [3.8, 4) is 0 Å². The Hall–Kier alpha value is -2.04. The number of halogens is 2. The molecule has 0 bridgehead atoms. The molecule has 136 valence electrons. The summed E-state index contributed by atoms with van der Waals surface area (Å²) in [7, 11) is 0. The lowest BCUT2D eigenvalue weighted by Crippen LogP contribution is -2.34. The zero-order valence-corrected chi connectivity index (χ0v) is 15.6. The van der Waals surface area contributed by atoms with Crippen molar-refractivity contribution in [3.63, 3.8) is 0 Å². The van der Waals surface area contributed by atoms with Crippen LogP contribution in [0, 0.1) is 0 Å². The summed E-state index contributed by atoms with van der Waals surface area (Å²) in [6.45, 7) is -0.293. The van der Waals surface area contributed by atoms with Gasteiger partial charge in [0.05, 0.1) is 22.5 Å². The fourth-order valence-corrected chi connectivity index (χ4v) is 3.47. The highest BCUT2D eigenvalue weighted by molar-refractivity contribution is 6.42. The van der Waals surface area contributed by atoms with Crippen LogP contribution in [0.3, 0.4) is 0 Å². The van der Waals surface area contributed by atoms with E-state index in [1.54, 1.807) is 18.2 Å². The van der Waals surface area contributed by atoms with Crippen molar-refractivity contribution in [1.82, 2.24) is 5.32 Å². The van der Waals surface area contributed by atoms with E-state index in [-0.39, 0.29) is 25.0 Å². The largest absolute Gasteiger partial charge is 0.455 e. The minimum atomic E-state index is -0.484. The summed E-state index contributed by atoms with van der Waals surface area (Å²) in [5.41, 5.74) is 3.10. The molecular formula is C20H19Cl2NO3. The van der Waals surface area contributed by atoms with Crippen LogP contribution >= 0.6 is 23.2 Å². The molecule has 0 saturated carbocycles. The molecule has 26 heavy (non-hydrogen) atoms. The summed E-state index contributed by atoms with van der Waals surface area (Å²) in [5, 5.41) is 3.76. The predicted molar refractivity (Wildman–Crippen MR) is 101 cm³/mol. The number of hydrogen-bond acceptors (Lipinski definition) is 3. The van der Waals surface area contributed by atoms with Gasteiger partial charge in [-0.1, -0.05) is 53.5 Å². The zero-order chi connectivity index (χ0) is 18.5. The van der Waals surface area contributed by atoms with Crippen LogP contribution in [-0.4, -0.2) is 18.5 Å². The monoisotopic (exact) mass is 391 g/mol. The number of fused-ring (bicyclic) bond motifs is 1. The highest BCUT2D eigenvalue weighted by Crippen LogP contribution is 2.29. The van der Waals surface area contributed by atoms with Crippen molar-refractivity contribution >= 4 is 35.1 Å². The maximum absolute atomic E-state index is 12.1. The second-order valence-electron chi connectivity index (χ2n) is 6.30. The lowest BCUT2D eigenvalue weighted by molar-refractivity contribution is -0.148. The molecule has 3 rings (SSSR count). The Morgan fingerprint density at radius 2 is 1.92 bits per heavy atom. The van der Waals surface area contributed by atoms with Gasteiger partial charge in [-0.25, -0.2) is 0 Å². The number of carbonyl (C=O) groups is 2. The van der Waals surface area contributed by atoms with Gasteiger partial charge in [-0.2, -0.15) is 0 Å². The van der Waals surface area contributed by atoms with Gasteiger partial charge in [0.1, 0.15) is 0 Å². The van der Waals surface area contributed by atoms with Crippen LogP contribution in [0.5, 0.6) is 0 Å². The third-order valence-corrected chi connectivity index (χ3v) is 5.14. The number of benzene rings is 2. The topological polar surface area (TPSA) is 55.4 Å². The standard InChI is InChI=1S/C20H19Cl2NO3/c21-16-9-8-13(10-17(16)22)11-20(25)26-12-19(24)23-18-7-3-5-14-4-1-2-6-15(14)18/h1-2,4,6,8-10,18H,3,5,7,11-12H2,(H,23,24)/t18-/m0/s1. The average Bonchev–Trinajstić information content (AvgIpc) is 2.63. The van der Waals surface area contributed by atoms with Crippen LogP contribution in [0.4, 0.5) is 0 Å². The summed E-state index contributed by atoms with van der Waals surface area (Å²) < 4.78 is 5.08. The molecule has 0 aliphatic heterocycles. The van der Waals surface area contributed by atoms with Gasteiger partial charge >= 0.3 is 5.97 Å². The highest BCUT2D eigenvalue weighted by Gasteiger charge is 2.21. The number of ether oxygens (including phenoxy) is 1. The van der Waals surface area contributed by atoms with E-state index in [2.05, 4.69) is 11.4 Å². The smallest absolute Gasteiger partial charge is 0.310 e. The summed E-state index contributed by atoms with van der Waals surface area (Å²) >= 11 is 11.8. The van der Waals surface area contributed by atoms with Gasteiger partial charge in [0.15, 0.2) is 6.61 Å². The van der Waals surface area contributed by atoms with Crippen LogP contribution in [0.25, 0.3) is 0 Å². The van der Waals surface area contributed by atoms with Crippen molar-refractivity contribution in [1.29, 1.82) is 0 Å². The first kappa shape index (κ1) is 18.7. The number of hydrogen-bond donors (Lipinski definition) is 1. The Labute approximate surface area is 162 Å². The number of nitrogens with one attached hydrogen (secondary N) is 1. The van der Waals surface area contributed by atoms with Crippen molar-refractivity contribution in [3.05, 3.63) is 69.2 Å². The average molecular weight is 392 g/mol. The number of aryl methyl sites for hydroxylation is 1. The molecule has 6 heteroatoms. The van der Waals surface area contributed by atoms with Crippen LogP contribution in [-0.2, 0) is 27.2 Å². The first-order chi connectivity index (χ1) is 12.5. The van der Waals surface area contributed by atoms with Gasteiger partial charge in [0, 0.05) is 0 Å². The Bertz CT molecular complexity index is 822. The molecule has 1 atom stereocenters. The number of amides is 1. The molecule has 1 amide bonds. The summed E-state index contributed by atoms with van der Waals surface area (Å²) in [4.78, 5) is 24.1. The van der Waals surface area contributed by atoms with Gasteiger partial charge in [-0.3, -0.25) is 9.59 Å². The molecule has 1 aliphatic rings. The quantitative estimate of drug-likeness (QED) is 0.774. The molecule has 0 spiro atoms. The normalized spacial score (nSPS) is 15.8. The Morgan fingerprint density at radius 1 is 1.12 bits per heavy atom. The molecule has 0 radical (unpaired) electrons.